The van der Waals surface area contributed by atoms with E-state index in [4.69, 9.17) is 0 Å². The highest BCUT2D eigenvalue weighted by atomic mass is 32.2. The summed E-state index contributed by atoms with van der Waals surface area (Å²) in [5.41, 5.74) is 1.73. The third kappa shape index (κ3) is 4.89. The van der Waals surface area contributed by atoms with Crippen molar-refractivity contribution in [2.45, 2.75) is 30.1 Å². The SMILES string of the molecule is O=C(NCc1ccc(S(=O)(=O)N2CCCC2)s1)Nc1cccc(Cn2ccnc2)c1. The van der Waals surface area contributed by atoms with Crippen LogP contribution in [0.3, 0.4) is 0 Å². The Morgan fingerprint density at radius 3 is 2.77 bits per heavy atom. The molecule has 0 aliphatic carbocycles. The van der Waals surface area contributed by atoms with Crippen LogP contribution in [0.1, 0.15) is 23.3 Å². The fraction of sp³-hybridized carbons (Fsp3) is 0.300. The van der Waals surface area contributed by atoms with Crippen molar-refractivity contribution in [3.05, 3.63) is 65.6 Å². The van der Waals surface area contributed by atoms with E-state index in [2.05, 4.69) is 15.6 Å². The van der Waals surface area contributed by atoms with E-state index in [1.807, 2.05) is 35.0 Å². The molecule has 0 saturated carbocycles. The minimum atomic E-state index is -3.41. The number of amides is 2. The summed E-state index contributed by atoms with van der Waals surface area (Å²) < 4.78 is 29.0. The van der Waals surface area contributed by atoms with Gasteiger partial charge in [0.2, 0.25) is 0 Å². The quantitative estimate of drug-likeness (QED) is 0.584. The number of thiophene rings is 1. The van der Waals surface area contributed by atoms with E-state index in [0.29, 0.717) is 29.5 Å². The molecule has 3 heterocycles. The zero-order valence-electron chi connectivity index (χ0n) is 16.3. The van der Waals surface area contributed by atoms with Crippen LogP contribution < -0.4 is 10.6 Å². The highest BCUT2D eigenvalue weighted by molar-refractivity contribution is 7.91. The molecule has 0 bridgehead atoms. The molecule has 4 rings (SSSR count). The molecule has 1 fully saturated rings. The molecule has 3 aromatic rings. The van der Waals surface area contributed by atoms with Gasteiger partial charge < -0.3 is 15.2 Å². The Bertz CT molecular complexity index is 1100. The maximum atomic E-state index is 12.6. The van der Waals surface area contributed by atoms with Gasteiger partial charge in [-0.2, -0.15) is 4.31 Å². The summed E-state index contributed by atoms with van der Waals surface area (Å²) in [7, 11) is -3.41. The zero-order valence-corrected chi connectivity index (χ0v) is 18.0. The van der Waals surface area contributed by atoms with Gasteiger partial charge in [0.1, 0.15) is 4.21 Å². The number of hydrogen-bond acceptors (Lipinski definition) is 5. The average molecular weight is 446 g/mol. The zero-order chi connectivity index (χ0) is 21.0. The number of aromatic nitrogens is 2. The molecule has 1 saturated heterocycles. The first-order valence-corrected chi connectivity index (χ1v) is 11.9. The summed E-state index contributed by atoms with van der Waals surface area (Å²) in [5, 5.41) is 5.60. The monoisotopic (exact) mass is 445 g/mol. The number of urea groups is 1. The summed E-state index contributed by atoms with van der Waals surface area (Å²) in [6.07, 6.45) is 7.16. The first-order chi connectivity index (χ1) is 14.5. The fourth-order valence-electron chi connectivity index (χ4n) is 3.33. The second-order valence-corrected chi connectivity index (χ2v) is 10.4. The standard InChI is InChI=1S/C20H23N5O3S2/c26-20(23-17-5-3-4-16(12-17)14-24-11-8-21-15-24)22-13-18-6-7-19(29-18)30(27,28)25-9-1-2-10-25/h3-8,11-12,15H,1-2,9-10,13-14H2,(H2,22,23,26). The maximum absolute atomic E-state index is 12.6. The van der Waals surface area contributed by atoms with E-state index in [9.17, 15) is 13.2 Å². The molecule has 10 heteroatoms. The molecular formula is C20H23N5O3S2. The minimum Gasteiger partial charge on any atom is -0.333 e. The minimum absolute atomic E-state index is 0.265. The largest absolute Gasteiger partial charge is 0.333 e. The Kier molecular flexibility index (Phi) is 6.16. The van der Waals surface area contributed by atoms with E-state index in [1.54, 1.807) is 24.7 Å². The summed E-state index contributed by atoms with van der Waals surface area (Å²) in [6.45, 7) is 2.09. The summed E-state index contributed by atoms with van der Waals surface area (Å²) >= 11 is 1.20. The molecule has 30 heavy (non-hydrogen) atoms. The number of sulfonamides is 1. The van der Waals surface area contributed by atoms with Crippen molar-refractivity contribution in [1.82, 2.24) is 19.2 Å². The highest BCUT2D eigenvalue weighted by Gasteiger charge is 2.28. The van der Waals surface area contributed by atoms with Crippen molar-refractivity contribution in [2.75, 3.05) is 18.4 Å². The molecule has 2 aromatic heterocycles. The topological polar surface area (TPSA) is 96.3 Å². The van der Waals surface area contributed by atoms with E-state index >= 15 is 0 Å². The summed E-state index contributed by atoms with van der Waals surface area (Å²) in [5.74, 6) is 0. The van der Waals surface area contributed by atoms with Crippen molar-refractivity contribution in [3.8, 4) is 0 Å². The van der Waals surface area contributed by atoms with Crippen LogP contribution in [0.2, 0.25) is 0 Å². The van der Waals surface area contributed by atoms with Crippen molar-refractivity contribution < 1.29 is 13.2 Å². The van der Waals surface area contributed by atoms with Gasteiger partial charge in [-0.25, -0.2) is 18.2 Å². The van der Waals surface area contributed by atoms with Crippen molar-refractivity contribution in [3.63, 3.8) is 0 Å². The van der Waals surface area contributed by atoms with Crippen LogP contribution in [0.4, 0.5) is 10.5 Å². The van der Waals surface area contributed by atoms with Gasteiger partial charge in [-0.05, 0) is 42.7 Å². The third-order valence-electron chi connectivity index (χ3n) is 4.83. The number of imidazole rings is 1. The summed E-state index contributed by atoms with van der Waals surface area (Å²) in [6, 6.07) is 10.6. The predicted molar refractivity (Wildman–Crippen MR) is 116 cm³/mol. The number of anilines is 1. The lowest BCUT2D eigenvalue weighted by atomic mass is 10.2. The molecule has 158 valence electrons. The Hall–Kier alpha value is -2.69. The van der Waals surface area contributed by atoms with E-state index in [-0.39, 0.29) is 12.6 Å². The number of hydrogen-bond donors (Lipinski definition) is 2. The predicted octanol–water partition coefficient (Wildman–Crippen LogP) is 3.10. The normalized spacial score (nSPS) is 14.7. The van der Waals surface area contributed by atoms with Crippen molar-refractivity contribution in [2.24, 2.45) is 0 Å². The summed E-state index contributed by atoms with van der Waals surface area (Å²) in [4.78, 5) is 17.1. The lowest BCUT2D eigenvalue weighted by Crippen LogP contribution is -2.28. The van der Waals surface area contributed by atoms with Gasteiger partial charge in [0.05, 0.1) is 12.9 Å². The van der Waals surface area contributed by atoms with Crippen LogP contribution in [0.5, 0.6) is 0 Å². The maximum Gasteiger partial charge on any atom is 0.319 e. The van der Waals surface area contributed by atoms with Crippen LogP contribution in [0.25, 0.3) is 0 Å². The number of nitrogens with zero attached hydrogens (tertiary/aromatic N) is 3. The fourth-order valence-corrected chi connectivity index (χ4v) is 6.30. The lowest BCUT2D eigenvalue weighted by Gasteiger charge is -2.13. The Morgan fingerprint density at radius 1 is 1.17 bits per heavy atom. The molecule has 1 aliphatic heterocycles. The van der Waals surface area contributed by atoms with Gasteiger partial charge in [0, 0.05) is 42.6 Å². The molecule has 0 unspecified atom stereocenters. The molecule has 2 amide bonds. The highest BCUT2D eigenvalue weighted by Crippen LogP contribution is 2.27. The average Bonchev–Trinajstić information content (AvgIpc) is 3.49. The molecule has 0 atom stereocenters. The number of benzene rings is 1. The molecule has 1 aromatic carbocycles. The molecule has 8 nitrogen and oxygen atoms in total. The van der Waals surface area contributed by atoms with Crippen LogP contribution in [0, 0.1) is 0 Å². The van der Waals surface area contributed by atoms with Crippen LogP contribution in [0.15, 0.2) is 59.3 Å². The molecular weight excluding hydrogens is 422 g/mol. The second kappa shape index (κ2) is 8.99. The lowest BCUT2D eigenvalue weighted by molar-refractivity contribution is 0.252. The van der Waals surface area contributed by atoms with E-state index in [1.165, 1.54) is 15.6 Å². The van der Waals surface area contributed by atoms with E-state index in [0.717, 1.165) is 23.3 Å². The second-order valence-electron chi connectivity index (χ2n) is 7.08. The van der Waals surface area contributed by atoms with Gasteiger partial charge in [-0.15, -0.1) is 11.3 Å². The smallest absolute Gasteiger partial charge is 0.319 e. The first-order valence-electron chi connectivity index (χ1n) is 9.69. The van der Waals surface area contributed by atoms with Crippen molar-refractivity contribution in [1.29, 1.82) is 0 Å². The van der Waals surface area contributed by atoms with Gasteiger partial charge in [-0.1, -0.05) is 12.1 Å². The third-order valence-corrected chi connectivity index (χ3v) is 8.28. The molecule has 0 radical (unpaired) electrons. The number of nitrogens with one attached hydrogen (secondary N) is 2. The number of carbonyl (C=O) groups excluding carboxylic acids is 1. The van der Waals surface area contributed by atoms with Crippen LogP contribution in [-0.2, 0) is 23.1 Å². The van der Waals surface area contributed by atoms with Gasteiger partial charge >= 0.3 is 6.03 Å². The van der Waals surface area contributed by atoms with Crippen LogP contribution >= 0.6 is 11.3 Å². The Morgan fingerprint density at radius 2 is 2.00 bits per heavy atom. The Balaban J connectivity index is 1.32. The van der Waals surface area contributed by atoms with Gasteiger partial charge in [-0.3, -0.25) is 0 Å². The number of rotatable bonds is 7. The Labute approximate surface area is 179 Å². The molecule has 0 spiro atoms. The van der Waals surface area contributed by atoms with Gasteiger partial charge in [0.25, 0.3) is 10.0 Å². The van der Waals surface area contributed by atoms with Crippen molar-refractivity contribution >= 4 is 33.1 Å². The van der Waals surface area contributed by atoms with Gasteiger partial charge in [0.15, 0.2) is 0 Å². The van der Waals surface area contributed by atoms with E-state index < -0.39 is 10.0 Å². The molecule has 2 N–H and O–H groups in total. The first kappa shape index (κ1) is 20.6. The van der Waals surface area contributed by atoms with Crippen LogP contribution in [-0.4, -0.2) is 41.4 Å². The molecule has 1 aliphatic rings. The number of carbonyl (C=O) groups is 1.